The summed E-state index contributed by atoms with van der Waals surface area (Å²) >= 11 is 0. The molecule has 2 heterocycles. The zero-order valence-electron chi connectivity index (χ0n) is 16.9. The summed E-state index contributed by atoms with van der Waals surface area (Å²) in [6.45, 7) is 1.39. The average molecular weight is 445 g/mol. The molecule has 1 aromatic carbocycles. The Morgan fingerprint density at radius 2 is 1.84 bits per heavy atom. The van der Waals surface area contributed by atoms with Crippen molar-refractivity contribution < 1.29 is 24.6 Å². The number of aliphatic carboxylic acids is 2. The number of nitrogens with zero attached hydrogens (tertiary/aromatic N) is 2. The van der Waals surface area contributed by atoms with Crippen LogP contribution in [0.15, 0.2) is 29.1 Å². The minimum absolute atomic E-state index is 0.0366. The van der Waals surface area contributed by atoms with Gasteiger partial charge in [0.15, 0.2) is 0 Å². The molecule has 0 aliphatic carbocycles. The number of benzene rings is 1. The molecule has 1 atom stereocenters. The number of nitrogens with one attached hydrogen (secondary N) is 4. The molecule has 1 amide bonds. The van der Waals surface area contributed by atoms with E-state index >= 15 is 0 Å². The first-order chi connectivity index (χ1) is 15.3. The topological polar surface area (TPSA) is 201 Å². The largest absolute Gasteiger partial charge is 0.481 e. The lowest BCUT2D eigenvalue weighted by molar-refractivity contribution is -0.140. The van der Waals surface area contributed by atoms with Gasteiger partial charge in [-0.25, -0.2) is 4.79 Å². The monoisotopic (exact) mass is 445 g/mol. The minimum Gasteiger partial charge on any atom is -0.481 e. The van der Waals surface area contributed by atoms with Crippen LogP contribution in [0.25, 0.3) is 0 Å². The quantitative estimate of drug-likeness (QED) is 0.269. The number of rotatable bonds is 9. The molecule has 1 aromatic heterocycles. The number of carboxylic acid groups (broad SMARTS) is 2. The van der Waals surface area contributed by atoms with Gasteiger partial charge in [0.25, 0.3) is 11.5 Å². The number of aromatic nitrogens is 2. The number of carbonyl (C=O) groups excluding carboxylic acids is 1. The molecular weight excluding hydrogens is 422 g/mol. The molecule has 1 aliphatic heterocycles. The Kier molecular flexibility index (Phi) is 6.77. The van der Waals surface area contributed by atoms with Gasteiger partial charge < -0.3 is 37.2 Å². The van der Waals surface area contributed by atoms with Crippen molar-refractivity contribution in [3.8, 4) is 0 Å². The van der Waals surface area contributed by atoms with Crippen molar-refractivity contribution in [2.75, 3.05) is 34.8 Å². The Morgan fingerprint density at radius 3 is 2.50 bits per heavy atom. The Bertz CT molecular complexity index is 1080. The van der Waals surface area contributed by atoms with E-state index in [-0.39, 0.29) is 31.0 Å². The van der Waals surface area contributed by atoms with Crippen LogP contribution < -0.4 is 32.6 Å². The number of carboxylic acids is 2. The highest BCUT2D eigenvalue weighted by Crippen LogP contribution is 2.22. The van der Waals surface area contributed by atoms with Gasteiger partial charge in [-0.15, -0.1) is 0 Å². The summed E-state index contributed by atoms with van der Waals surface area (Å²) in [5, 5.41) is 29.4. The van der Waals surface area contributed by atoms with Gasteiger partial charge in [-0.05, 0) is 30.7 Å². The smallest absolute Gasteiger partial charge is 0.326 e. The molecule has 13 heteroatoms. The number of anilines is 4. The summed E-state index contributed by atoms with van der Waals surface area (Å²) in [4.78, 5) is 50.0. The Labute approximate surface area is 181 Å². The molecule has 0 spiro atoms. The lowest BCUT2D eigenvalue weighted by Gasteiger charge is -2.24. The highest BCUT2D eigenvalue weighted by atomic mass is 16.4. The summed E-state index contributed by atoms with van der Waals surface area (Å²) in [6.07, 6.45) is -0.602. The van der Waals surface area contributed by atoms with Gasteiger partial charge in [0.1, 0.15) is 17.5 Å². The molecule has 0 saturated heterocycles. The van der Waals surface area contributed by atoms with Gasteiger partial charge in [-0.3, -0.25) is 19.0 Å². The molecule has 0 saturated carbocycles. The second kappa shape index (κ2) is 9.68. The third-order valence-electron chi connectivity index (χ3n) is 4.77. The fraction of sp³-hybridized carbons (Fsp3) is 0.316. The molecule has 13 nitrogen and oxygen atoms in total. The van der Waals surface area contributed by atoms with E-state index in [0.717, 1.165) is 0 Å². The van der Waals surface area contributed by atoms with Crippen LogP contribution in [-0.4, -0.2) is 56.7 Å². The number of nitrogens with two attached hydrogens (primary N) is 1. The van der Waals surface area contributed by atoms with Gasteiger partial charge in [-0.1, -0.05) is 0 Å². The van der Waals surface area contributed by atoms with Crippen LogP contribution >= 0.6 is 0 Å². The zero-order valence-corrected chi connectivity index (χ0v) is 16.9. The molecule has 1 unspecified atom stereocenters. The number of carbonyl (C=O) groups is 3. The first-order valence-corrected chi connectivity index (χ1v) is 9.73. The molecule has 0 fully saturated rings. The lowest BCUT2D eigenvalue weighted by Crippen LogP contribution is -2.41. The van der Waals surface area contributed by atoms with Crippen molar-refractivity contribution in [2.45, 2.75) is 25.6 Å². The van der Waals surface area contributed by atoms with Crippen molar-refractivity contribution in [1.29, 1.82) is 0 Å². The number of amides is 1. The van der Waals surface area contributed by atoms with E-state index in [2.05, 4.69) is 26.3 Å². The number of nitrogen functional groups attached to an aromatic ring is 1. The van der Waals surface area contributed by atoms with Crippen molar-refractivity contribution in [2.24, 2.45) is 0 Å². The summed E-state index contributed by atoms with van der Waals surface area (Å²) < 4.78 is 1.60. The van der Waals surface area contributed by atoms with E-state index in [1.54, 1.807) is 16.7 Å². The van der Waals surface area contributed by atoms with E-state index in [9.17, 15) is 19.2 Å². The fourth-order valence-corrected chi connectivity index (χ4v) is 3.12. The van der Waals surface area contributed by atoms with Crippen molar-refractivity contribution in [3.63, 3.8) is 0 Å². The first kappa shape index (κ1) is 22.4. The second-order valence-corrected chi connectivity index (χ2v) is 6.99. The lowest BCUT2D eigenvalue weighted by atomic mass is 10.1. The number of hydrogen-bond donors (Lipinski definition) is 7. The predicted octanol–water partition coefficient (Wildman–Crippen LogP) is -0.220. The van der Waals surface area contributed by atoms with Gasteiger partial charge in [0.2, 0.25) is 5.95 Å². The summed E-state index contributed by atoms with van der Waals surface area (Å²) in [7, 11) is 0. The summed E-state index contributed by atoms with van der Waals surface area (Å²) in [5.74, 6) is -2.52. The highest BCUT2D eigenvalue weighted by molar-refractivity contribution is 5.96. The maximum atomic E-state index is 12.3. The average Bonchev–Trinajstić information content (AvgIpc) is 2.76. The van der Waals surface area contributed by atoms with Gasteiger partial charge >= 0.3 is 11.9 Å². The Balaban J connectivity index is 1.65. The van der Waals surface area contributed by atoms with Crippen molar-refractivity contribution >= 4 is 41.0 Å². The number of hydrogen-bond acceptors (Lipinski definition) is 9. The molecular formula is C19H23N7O6. The first-order valence-electron chi connectivity index (χ1n) is 9.73. The molecule has 32 heavy (non-hydrogen) atoms. The third kappa shape index (κ3) is 5.24. The van der Waals surface area contributed by atoms with Crippen molar-refractivity contribution in [1.82, 2.24) is 14.9 Å². The molecule has 170 valence electrons. The van der Waals surface area contributed by atoms with E-state index in [4.69, 9.17) is 15.9 Å². The highest BCUT2D eigenvalue weighted by Gasteiger charge is 2.22. The van der Waals surface area contributed by atoms with E-state index in [1.807, 2.05) is 0 Å². The van der Waals surface area contributed by atoms with Crippen molar-refractivity contribution in [3.05, 3.63) is 40.2 Å². The molecule has 3 rings (SSSR count). The number of fused-ring (bicyclic) bond motifs is 1. The van der Waals surface area contributed by atoms with Gasteiger partial charge in [0.05, 0.1) is 6.67 Å². The maximum absolute atomic E-state index is 12.3. The van der Waals surface area contributed by atoms with E-state index in [0.29, 0.717) is 30.3 Å². The summed E-state index contributed by atoms with van der Waals surface area (Å²) in [6, 6.07) is 4.92. The van der Waals surface area contributed by atoms with Crippen LogP contribution in [0, 0.1) is 0 Å². The molecule has 1 aliphatic rings. The standard InChI is InChI=1S/C19H23N7O6/c20-19-25-17(30)14-15(22-8-7-21-14)26(19)9-23-11-3-1-10(2-4-11)16(29)24-12(18(31)32)5-6-13(27)28/h1-4,12,21-23H,5-9H2,(H,24,29)(H,27,28)(H,31,32)(H2,20,25,30). The SMILES string of the molecule is Nc1nc(=O)c2c(n1CNc1ccc(C(=O)NC(CCC(=O)O)C(=O)O)cc1)NCCN2. The van der Waals surface area contributed by atoms with Gasteiger partial charge in [0, 0.05) is 30.8 Å². The maximum Gasteiger partial charge on any atom is 0.326 e. The van der Waals surface area contributed by atoms with Crippen LogP contribution in [0.1, 0.15) is 23.2 Å². The van der Waals surface area contributed by atoms with Crippen LogP contribution in [0.5, 0.6) is 0 Å². The molecule has 0 radical (unpaired) electrons. The molecule has 2 aromatic rings. The van der Waals surface area contributed by atoms with E-state index in [1.165, 1.54) is 12.1 Å². The van der Waals surface area contributed by atoms with E-state index < -0.39 is 29.4 Å². The third-order valence-corrected chi connectivity index (χ3v) is 4.77. The fourth-order valence-electron chi connectivity index (χ4n) is 3.12. The van der Waals surface area contributed by atoms with Crippen LogP contribution in [0.4, 0.5) is 23.1 Å². The van der Waals surface area contributed by atoms with Crippen LogP contribution in [-0.2, 0) is 16.3 Å². The second-order valence-electron chi connectivity index (χ2n) is 6.99. The predicted molar refractivity (Wildman–Crippen MR) is 116 cm³/mol. The zero-order chi connectivity index (χ0) is 23.3. The normalized spacial score (nSPS) is 13.1. The molecule has 0 bridgehead atoms. The van der Waals surface area contributed by atoms with Crippen LogP contribution in [0.2, 0.25) is 0 Å². The Morgan fingerprint density at radius 1 is 1.16 bits per heavy atom. The van der Waals surface area contributed by atoms with Gasteiger partial charge in [-0.2, -0.15) is 4.98 Å². The Hall–Kier alpha value is -4.29. The molecule has 8 N–H and O–H groups in total. The summed E-state index contributed by atoms with van der Waals surface area (Å²) in [5.41, 5.74) is 6.64. The minimum atomic E-state index is -1.31. The van der Waals surface area contributed by atoms with Crippen LogP contribution in [0.3, 0.4) is 0 Å².